The summed E-state index contributed by atoms with van der Waals surface area (Å²) in [5, 5.41) is 0.610. The van der Waals surface area contributed by atoms with Gasteiger partial charge in [0.25, 0.3) is 0 Å². The fourth-order valence-electron chi connectivity index (χ4n) is 0.457. The molecule has 0 saturated heterocycles. The van der Waals surface area contributed by atoms with E-state index in [-0.39, 0.29) is 5.15 Å². The lowest BCUT2D eigenvalue weighted by Crippen LogP contribution is -1.86. The fourth-order valence-corrected chi connectivity index (χ4v) is 0.684. The van der Waals surface area contributed by atoms with Crippen molar-refractivity contribution in [3.8, 4) is 0 Å². The highest BCUT2D eigenvalue weighted by Gasteiger charge is 1.98. The molecule has 0 amide bonds. The standard InChI is InChI=1S/C6H4Cl2N2/c1-2-5-9-3-4(7)6(8)10-5/h2-3H,1H2. The zero-order valence-corrected chi connectivity index (χ0v) is 6.52. The highest BCUT2D eigenvalue weighted by Crippen LogP contribution is 2.17. The van der Waals surface area contributed by atoms with Crippen LogP contribution in [0.2, 0.25) is 10.2 Å². The van der Waals surface area contributed by atoms with E-state index in [0.29, 0.717) is 10.8 Å². The summed E-state index contributed by atoms with van der Waals surface area (Å²) in [4.78, 5) is 7.61. The Hall–Kier alpha value is -0.600. The second-order valence-electron chi connectivity index (χ2n) is 1.57. The van der Waals surface area contributed by atoms with Gasteiger partial charge in [-0.25, -0.2) is 9.97 Å². The number of aromatic nitrogens is 2. The minimum atomic E-state index is 0.256. The molecule has 0 saturated carbocycles. The normalized spacial score (nSPS) is 9.40. The molecule has 0 spiro atoms. The van der Waals surface area contributed by atoms with Crippen molar-refractivity contribution < 1.29 is 0 Å². The maximum absolute atomic E-state index is 5.56. The minimum absolute atomic E-state index is 0.256. The Balaban J connectivity index is 3.16. The summed E-state index contributed by atoms with van der Waals surface area (Å²) in [5.41, 5.74) is 0. The van der Waals surface area contributed by atoms with Crippen LogP contribution in [-0.4, -0.2) is 9.97 Å². The first-order chi connectivity index (χ1) is 4.74. The van der Waals surface area contributed by atoms with E-state index in [1.807, 2.05) is 0 Å². The van der Waals surface area contributed by atoms with Gasteiger partial charge >= 0.3 is 0 Å². The number of nitrogens with zero attached hydrogens (tertiary/aromatic N) is 2. The first-order valence-corrected chi connectivity index (χ1v) is 3.30. The van der Waals surface area contributed by atoms with Crippen LogP contribution in [0.1, 0.15) is 5.82 Å². The molecule has 0 atom stereocenters. The summed E-state index contributed by atoms with van der Waals surface area (Å²) < 4.78 is 0. The molecular formula is C6H4Cl2N2. The molecule has 52 valence electrons. The molecule has 0 fully saturated rings. The lowest BCUT2D eigenvalue weighted by molar-refractivity contribution is 1.14. The SMILES string of the molecule is C=Cc1ncc(Cl)c(Cl)n1. The topological polar surface area (TPSA) is 25.8 Å². The maximum Gasteiger partial charge on any atom is 0.153 e. The highest BCUT2D eigenvalue weighted by molar-refractivity contribution is 6.41. The Kier molecular flexibility index (Phi) is 2.25. The quantitative estimate of drug-likeness (QED) is 0.612. The van der Waals surface area contributed by atoms with Crippen LogP contribution in [0, 0.1) is 0 Å². The molecule has 0 aliphatic rings. The second kappa shape index (κ2) is 2.99. The van der Waals surface area contributed by atoms with Gasteiger partial charge in [-0.2, -0.15) is 0 Å². The Labute approximate surface area is 68.5 Å². The zero-order valence-electron chi connectivity index (χ0n) is 5.01. The number of hydrogen-bond acceptors (Lipinski definition) is 2. The van der Waals surface area contributed by atoms with E-state index in [2.05, 4.69) is 16.5 Å². The molecule has 0 aromatic carbocycles. The first-order valence-electron chi connectivity index (χ1n) is 2.54. The summed E-state index contributed by atoms with van der Waals surface area (Å²) >= 11 is 11.1. The van der Waals surface area contributed by atoms with Crippen molar-refractivity contribution in [2.75, 3.05) is 0 Å². The zero-order chi connectivity index (χ0) is 7.56. The smallest absolute Gasteiger partial charge is 0.153 e. The highest BCUT2D eigenvalue weighted by atomic mass is 35.5. The van der Waals surface area contributed by atoms with Gasteiger partial charge in [-0.05, 0) is 6.08 Å². The maximum atomic E-state index is 5.56. The Morgan fingerprint density at radius 1 is 1.50 bits per heavy atom. The van der Waals surface area contributed by atoms with Gasteiger partial charge in [-0.3, -0.25) is 0 Å². The van der Waals surface area contributed by atoms with Crippen molar-refractivity contribution in [3.05, 3.63) is 28.8 Å². The van der Waals surface area contributed by atoms with Crippen molar-refractivity contribution in [1.29, 1.82) is 0 Å². The summed E-state index contributed by atoms with van der Waals surface area (Å²) in [6.07, 6.45) is 2.94. The van der Waals surface area contributed by atoms with Crippen LogP contribution in [0.3, 0.4) is 0 Å². The Bertz CT molecular complexity index is 260. The van der Waals surface area contributed by atoms with Crippen molar-refractivity contribution in [1.82, 2.24) is 9.97 Å². The average molecular weight is 175 g/mol. The van der Waals surface area contributed by atoms with Gasteiger partial charge in [0.1, 0.15) is 0 Å². The molecule has 4 heteroatoms. The van der Waals surface area contributed by atoms with Gasteiger partial charge < -0.3 is 0 Å². The Morgan fingerprint density at radius 3 is 2.70 bits per heavy atom. The summed E-state index contributed by atoms with van der Waals surface area (Å²) in [7, 11) is 0. The van der Waals surface area contributed by atoms with E-state index in [1.54, 1.807) is 0 Å². The predicted molar refractivity (Wildman–Crippen MR) is 42.1 cm³/mol. The van der Waals surface area contributed by atoms with Gasteiger partial charge in [0, 0.05) is 0 Å². The summed E-state index contributed by atoms with van der Waals surface area (Å²) in [6, 6.07) is 0. The molecule has 0 aliphatic carbocycles. The fraction of sp³-hybridized carbons (Fsp3) is 0. The third kappa shape index (κ3) is 1.46. The molecule has 0 radical (unpaired) electrons. The number of rotatable bonds is 1. The predicted octanol–water partition coefficient (Wildman–Crippen LogP) is 2.43. The summed E-state index contributed by atoms with van der Waals surface area (Å²) in [5.74, 6) is 0.481. The van der Waals surface area contributed by atoms with Crippen LogP contribution in [0.5, 0.6) is 0 Å². The largest absolute Gasteiger partial charge is 0.235 e. The molecule has 1 aromatic rings. The monoisotopic (exact) mass is 174 g/mol. The van der Waals surface area contributed by atoms with E-state index in [0.717, 1.165) is 0 Å². The lowest BCUT2D eigenvalue weighted by atomic mass is 10.5. The van der Waals surface area contributed by atoms with Crippen LogP contribution in [0.4, 0.5) is 0 Å². The molecule has 10 heavy (non-hydrogen) atoms. The molecule has 2 nitrogen and oxygen atoms in total. The van der Waals surface area contributed by atoms with Gasteiger partial charge in [0.05, 0.1) is 11.2 Å². The van der Waals surface area contributed by atoms with Crippen LogP contribution in [0.25, 0.3) is 6.08 Å². The van der Waals surface area contributed by atoms with E-state index < -0.39 is 0 Å². The van der Waals surface area contributed by atoms with Crippen molar-refractivity contribution in [2.45, 2.75) is 0 Å². The molecule has 1 heterocycles. The van der Waals surface area contributed by atoms with E-state index >= 15 is 0 Å². The molecule has 0 bridgehead atoms. The minimum Gasteiger partial charge on any atom is -0.235 e. The lowest BCUT2D eigenvalue weighted by Gasteiger charge is -1.93. The van der Waals surface area contributed by atoms with Crippen molar-refractivity contribution in [3.63, 3.8) is 0 Å². The molecule has 1 rings (SSSR count). The molecule has 0 aliphatic heterocycles. The van der Waals surface area contributed by atoms with Crippen LogP contribution < -0.4 is 0 Å². The Morgan fingerprint density at radius 2 is 2.20 bits per heavy atom. The summed E-state index contributed by atoms with van der Waals surface area (Å²) in [6.45, 7) is 3.47. The molecule has 0 N–H and O–H groups in total. The first kappa shape index (κ1) is 7.51. The molecule has 0 unspecified atom stereocenters. The third-order valence-corrected chi connectivity index (χ3v) is 1.56. The number of halogens is 2. The molecular weight excluding hydrogens is 171 g/mol. The van der Waals surface area contributed by atoms with E-state index in [9.17, 15) is 0 Å². The molecule has 1 aromatic heterocycles. The van der Waals surface area contributed by atoms with Gasteiger partial charge in [0.15, 0.2) is 11.0 Å². The van der Waals surface area contributed by atoms with Gasteiger partial charge in [0.2, 0.25) is 0 Å². The van der Waals surface area contributed by atoms with Gasteiger partial charge in [-0.1, -0.05) is 29.8 Å². The van der Waals surface area contributed by atoms with E-state index in [4.69, 9.17) is 23.2 Å². The average Bonchev–Trinajstić information content (AvgIpc) is 1.95. The third-order valence-electron chi connectivity index (χ3n) is 0.903. The van der Waals surface area contributed by atoms with Crippen LogP contribution >= 0.6 is 23.2 Å². The van der Waals surface area contributed by atoms with Crippen molar-refractivity contribution >= 4 is 29.3 Å². The second-order valence-corrected chi connectivity index (χ2v) is 2.34. The van der Waals surface area contributed by atoms with Crippen LogP contribution in [0.15, 0.2) is 12.8 Å². The van der Waals surface area contributed by atoms with Crippen molar-refractivity contribution in [2.24, 2.45) is 0 Å². The number of hydrogen-bond donors (Lipinski definition) is 0. The van der Waals surface area contributed by atoms with Crippen LogP contribution in [-0.2, 0) is 0 Å². The van der Waals surface area contributed by atoms with E-state index in [1.165, 1.54) is 12.3 Å². The van der Waals surface area contributed by atoms with Gasteiger partial charge in [-0.15, -0.1) is 0 Å².